The zero-order chi connectivity index (χ0) is 14.2. The average molecular weight is 286 g/mol. The van der Waals surface area contributed by atoms with E-state index in [2.05, 4.69) is 0 Å². The van der Waals surface area contributed by atoms with Gasteiger partial charge in [-0.15, -0.1) is 0 Å². The van der Waals surface area contributed by atoms with Crippen LogP contribution in [-0.2, 0) is 10.0 Å². The Hall–Kier alpha value is -1.34. The normalized spacial score (nSPS) is 15.5. The number of furan rings is 1. The van der Waals surface area contributed by atoms with Gasteiger partial charge in [-0.2, -0.15) is 0 Å². The lowest BCUT2D eigenvalue weighted by Crippen LogP contribution is -2.32. The smallest absolute Gasteiger partial charge is 0.289 e. The van der Waals surface area contributed by atoms with Crippen molar-refractivity contribution in [3.63, 3.8) is 0 Å². The lowest BCUT2D eigenvalue weighted by atomic mass is 10.3. The third-order valence-corrected chi connectivity index (χ3v) is 4.25. The van der Waals surface area contributed by atoms with E-state index in [1.165, 1.54) is 13.0 Å². The van der Waals surface area contributed by atoms with Gasteiger partial charge in [0.2, 0.25) is 10.0 Å². The van der Waals surface area contributed by atoms with Crippen molar-refractivity contribution in [3.8, 4) is 0 Å². The quantitative estimate of drug-likeness (QED) is 0.877. The second-order valence-corrected chi connectivity index (χ2v) is 6.39. The molecular weight excluding hydrogens is 268 g/mol. The van der Waals surface area contributed by atoms with Gasteiger partial charge in [0.05, 0.1) is 0 Å². The number of nitrogens with zero attached hydrogens (tertiary/aromatic N) is 1. The molecule has 0 unspecified atom stereocenters. The Morgan fingerprint density at radius 1 is 1.53 bits per heavy atom. The summed E-state index contributed by atoms with van der Waals surface area (Å²) in [4.78, 5) is 13.8. The first-order chi connectivity index (χ1) is 8.82. The van der Waals surface area contributed by atoms with Crippen LogP contribution in [0.1, 0.15) is 36.1 Å². The van der Waals surface area contributed by atoms with E-state index >= 15 is 0 Å². The number of aryl methyl sites for hydroxylation is 1. The van der Waals surface area contributed by atoms with E-state index in [4.69, 9.17) is 9.56 Å². The third kappa shape index (κ3) is 3.16. The maximum Gasteiger partial charge on any atom is 0.289 e. The molecule has 0 aromatic carbocycles. The standard InChI is InChI=1S/C12H18N2O4S/c1-3-14(7-9-4-5-9)12(15)10-6-11(8(2)18-10)19(13,16)17/h6,9H,3-5,7H2,1-2H3,(H2,13,16,17). The Bertz CT molecular complexity index is 587. The molecule has 1 aliphatic rings. The molecule has 6 nitrogen and oxygen atoms in total. The van der Waals surface area contributed by atoms with Gasteiger partial charge >= 0.3 is 0 Å². The molecule has 2 N–H and O–H groups in total. The van der Waals surface area contributed by atoms with Crippen molar-refractivity contribution >= 4 is 15.9 Å². The molecule has 106 valence electrons. The first-order valence-electron chi connectivity index (χ1n) is 6.25. The number of amides is 1. The molecule has 1 amide bonds. The molecule has 0 bridgehead atoms. The minimum Gasteiger partial charge on any atom is -0.455 e. The van der Waals surface area contributed by atoms with Gasteiger partial charge in [0, 0.05) is 19.2 Å². The number of hydrogen-bond acceptors (Lipinski definition) is 4. The summed E-state index contributed by atoms with van der Waals surface area (Å²) < 4.78 is 27.9. The Morgan fingerprint density at radius 2 is 2.16 bits per heavy atom. The van der Waals surface area contributed by atoms with E-state index in [0.29, 0.717) is 19.0 Å². The van der Waals surface area contributed by atoms with E-state index in [1.807, 2.05) is 6.92 Å². The molecule has 1 fully saturated rings. The van der Waals surface area contributed by atoms with Crippen LogP contribution in [0.25, 0.3) is 0 Å². The third-order valence-electron chi connectivity index (χ3n) is 3.23. The van der Waals surface area contributed by atoms with Gasteiger partial charge in [0.15, 0.2) is 5.76 Å². The van der Waals surface area contributed by atoms with Crippen molar-refractivity contribution < 1.29 is 17.6 Å². The van der Waals surface area contributed by atoms with Crippen molar-refractivity contribution in [3.05, 3.63) is 17.6 Å². The summed E-state index contributed by atoms with van der Waals surface area (Å²) in [6.07, 6.45) is 2.28. The van der Waals surface area contributed by atoms with E-state index in [-0.39, 0.29) is 22.3 Å². The maximum absolute atomic E-state index is 12.2. The fourth-order valence-electron chi connectivity index (χ4n) is 1.98. The minimum atomic E-state index is -3.85. The van der Waals surface area contributed by atoms with Crippen LogP contribution in [0.2, 0.25) is 0 Å². The van der Waals surface area contributed by atoms with Crippen molar-refractivity contribution in [1.29, 1.82) is 0 Å². The van der Waals surface area contributed by atoms with Crippen LogP contribution in [0.3, 0.4) is 0 Å². The zero-order valence-corrected chi connectivity index (χ0v) is 11.9. The highest BCUT2D eigenvalue weighted by Gasteiger charge is 2.29. The lowest BCUT2D eigenvalue weighted by molar-refractivity contribution is 0.0723. The van der Waals surface area contributed by atoms with Crippen LogP contribution in [0.15, 0.2) is 15.4 Å². The number of rotatable bonds is 5. The first kappa shape index (κ1) is 14.1. The molecule has 1 saturated carbocycles. The van der Waals surface area contributed by atoms with Gasteiger partial charge in [-0.05, 0) is 32.6 Å². The average Bonchev–Trinajstić information content (AvgIpc) is 3.04. The van der Waals surface area contributed by atoms with Crippen LogP contribution >= 0.6 is 0 Å². The summed E-state index contributed by atoms with van der Waals surface area (Å²) in [5.41, 5.74) is 0. The molecule has 0 spiro atoms. The zero-order valence-electron chi connectivity index (χ0n) is 11.0. The van der Waals surface area contributed by atoms with Crippen LogP contribution in [0.5, 0.6) is 0 Å². The van der Waals surface area contributed by atoms with Gasteiger partial charge < -0.3 is 9.32 Å². The summed E-state index contributed by atoms with van der Waals surface area (Å²) in [7, 11) is -3.85. The molecule has 1 aromatic heterocycles. The predicted octanol–water partition coefficient (Wildman–Crippen LogP) is 1.11. The van der Waals surface area contributed by atoms with Gasteiger partial charge in [-0.1, -0.05) is 0 Å². The Balaban J connectivity index is 2.23. The fourth-order valence-corrected chi connectivity index (χ4v) is 2.69. The first-order valence-corrected chi connectivity index (χ1v) is 7.80. The predicted molar refractivity (Wildman–Crippen MR) is 69.1 cm³/mol. The Labute approximate surface area is 112 Å². The SMILES string of the molecule is CCN(CC1CC1)C(=O)c1cc(S(N)(=O)=O)c(C)o1. The highest BCUT2D eigenvalue weighted by molar-refractivity contribution is 7.89. The monoisotopic (exact) mass is 286 g/mol. The lowest BCUT2D eigenvalue weighted by Gasteiger charge is -2.19. The second-order valence-electron chi connectivity index (χ2n) is 4.86. The summed E-state index contributed by atoms with van der Waals surface area (Å²) in [6.45, 7) is 4.63. The largest absolute Gasteiger partial charge is 0.455 e. The van der Waals surface area contributed by atoms with Gasteiger partial charge in [-0.25, -0.2) is 13.6 Å². The Morgan fingerprint density at radius 3 is 2.58 bits per heavy atom. The highest BCUT2D eigenvalue weighted by Crippen LogP contribution is 2.30. The van der Waals surface area contributed by atoms with Gasteiger partial charge in [-0.3, -0.25) is 4.79 Å². The maximum atomic E-state index is 12.2. The number of carbonyl (C=O) groups is 1. The topological polar surface area (TPSA) is 93.6 Å². The Kier molecular flexibility index (Phi) is 3.69. The molecule has 1 aliphatic carbocycles. The summed E-state index contributed by atoms with van der Waals surface area (Å²) >= 11 is 0. The number of sulfonamides is 1. The molecule has 0 atom stereocenters. The van der Waals surface area contributed by atoms with E-state index < -0.39 is 10.0 Å². The minimum absolute atomic E-state index is 0.0315. The van der Waals surface area contributed by atoms with Crippen molar-refractivity contribution in [2.24, 2.45) is 11.1 Å². The van der Waals surface area contributed by atoms with Crippen LogP contribution in [-0.4, -0.2) is 32.3 Å². The van der Waals surface area contributed by atoms with Crippen LogP contribution < -0.4 is 5.14 Å². The molecular formula is C12H18N2O4S. The van der Waals surface area contributed by atoms with Crippen LogP contribution in [0, 0.1) is 12.8 Å². The van der Waals surface area contributed by atoms with Crippen molar-refractivity contribution in [2.45, 2.75) is 31.6 Å². The van der Waals surface area contributed by atoms with Crippen molar-refractivity contribution in [2.75, 3.05) is 13.1 Å². The molecule has 0 radical (unpaired) electrons. The molecule has 1 aromatic rings. The molecule has 0 saturated heterocycles. The van der Waals surface area contributed by atoms with Gasteiger partial charge in [0.1, 0.15) is 10.7 Å². The summed E-state index contributed by atoms with van der Waals surface area (Å²) in [6, 6.07) is 1.21. The molecule has 2 rings (SSSR count). The molecule has 19 heavy (non-hydrogen) atoms. The highest BCUT2D eigenvalue weighted by atomic mass is 32.2. The molecule has 1 heterocycles. The van der Waals surface area contributed by atoms with Crippen molar-refractivity contribution in [1.82, 2.24) is 4.90 Å². The number of hydrogen-bond donors (Lipinski definition) is 1. The molecule has 7 heteroatoms. The number of carbonyl (C=O) groups excluding carboxylic acids is 1. The van der Waals surface area contributed by atoms with Gasteiger partial charge in [0.25, 0.3) is 5.91 Å². The summed E-state index contributed by atoms with van der Waals surface area (Å²) in [5, 5.41) is 5.06. The second kappa shape index (κ2) is 4.97. The fraction of sp³-hybridized carbons (Fsp3) is 0.583. The van der Waals surface area contributed by atoms with Crippen LogP contribution in [0.4, 0.5) is 0 Å². The number of primary sulfonamides is 1. The number of nitrogens with two attached hydrogens (primary N) is 1. The molecule has 0 aliphatic heterocycles. The van der Waals surface area contributed by atoms with E-state index in [9.17, 15) is 13.2 Å². The van der Waals surface area contributed by atoms with E-state index in [0.717, 1.165) is 12.8 Å². The van der Waals surface area contributed by atoms with E-state index in [1.54, 1.807) is 4.90 Å². The summed E-state index contributed by atoms with van der Waals surface area (Å²) in [5.74, 6) is 0.461.